The van der Waals surface area contributed by atoms with Crippen LogP contribution in [-0.4, -0.2) is 47.5 Å². The molecule has 5 heteroatoms. The molecule has 2 aliphatic rings. The molecule has 1 aromatic carbocycles. The third-order valence-electron chi connectivity index (χ3n) is 5.05. The van der Waals surface area contributed by atoms with Crippen LogP contribution >= 0.6 is 0 Å². The number of amides is 3. The van der Waals surface area contributed by atoms with Crippen molar-refractivity contribution in [2.45, 2.75) is 52.0 Å². The molecule has 24 heavy (non-hydrogen) atoms. The van der Waals surface area contributed by atoms with Crippen molar-refractivity contribution < 1.29 is 9.59 Å². The van der Waals surface area contributed by atoms with Crippen molar-refractivity contribution in [3.05, 3.63) is 29.8 Å². The maximum Gasteiger partial charge on any atom is 0.333 e. The zero-order chi connectivity index (χ0) is 17.1. The summed E-state index contributed by atoms with van der Waals surface area (Å²) in [5, 5.41) is 0. The van der Waals surface area contributed by atoms with E-state index in [4.69, 9.17) is 0 Å². The third-order valence-corrected chi connectivity index (χ3v) is 5.05. The Balaban J connectivity index is 1.73. The fraction of sp³-hybridized carbons (Fsp3) is 0.579. The van der Waals surface area contributed by atoms with Crippen LogP contribution in [0.15, 0.2) is 24.3 Å². The van der Waals surface area contributed by atoms with Crippen molar-refractivity contribution in [2.24, 2.45) is 0 Å². The summed E-state index contributed by atoms with van der Waals surface area (Å²) in [6.07, 6.45) is 6.07. The summed E-state index contributed by atoms with van der Waals surface area (Å²) in [6, 6.07) is 7.14. The predicted molar refractivity (Wildman–Crippen MR) is 94.9 cm³/mol. The number of hydrogen-bond acceptors (Lipinski definition) is 3. The van der Waals surface area contributed by atoms with E-state index in [-0.39, 0.29) is 11.9 Å². The number of nitrogens with zero attached hydrogens (tertiary/aromatic N) is 3. The minimum atomic E-state index is -0.435. The first kappa shape index (κ1) is 17.0. The summed E-state index contributed by atoms with van der Waals surface area (Å²) in [4.78, 5) is 30.8. The van der Waals surface area contributed by atoms with Gasteiger partial charge in [0, 0.05) is 5.69 Å². The highest BCUT2D eigenvalue weighted by atomic mass is 16.2. The average molecular weight is 329 g/mol. The van der Waals surface area contributed by atoms with Gasteiger partial charge >= 0.3 is 6.03 Å². The second-order valence-corrected chi connectivity index (χ2v) is 6.96. The van der Waals surface area contributed by atoms with E-state index in [1.807, 2.05) is 38.1 Å². The summed E-state index contributed by atoms with van der Waals surface area (Å²) in [5.41, 5.74) is 1.93. The van der Waals surface area contributed by atoms with Crippen molar-refractivity contribution in [2.75, 3.05) is 24.7 Å². The van der Waals surface area contributed by atoms with E-state index in [2.05, 4.69) is 4.90 Å². The third kappa shape index (κ3) is 3.46. The SMILES string of the molecule is Cc1ccc(N2C(=O)N(CN3CCCCCCC3)C(=O)[C@@H]2C)cc1. The summed E-state index contributed by atoms with van der Waals surface area (Å²) in [7, 11) is 0. The molecule has 1 atom stereocenters. The van der Waals surface area contributed by atoms with Crippen molar-refractivity contribution >= 4 is 17.6 Å². The Bertz CT molecular complexity index is 591. The van der Waals surface area contributed by atoms with Gasteiger partial charge in [0.25, 0.3) is 5.91 Å². The number of rotatable bonds is 3. The largest absolute Gasteiger partial charge is 0.333 e. The topological polar surface area (TPSA) is 43.9 Å². The maximum absolute atomic E-state index is 12.8. The molecule has 0 bridgehead atoms. The van der Waals surface area contributed by atoms with Crippen LogP contribution in [0.4, 0.5) is 10.5 Å². The van der Waals surface area contributed by atoms with E-state index in [1.54, 1.807) is 4.90 Å². The maximum atomic E-state index is 12.8. The summed E-state index contributed by atoms with van der Waals surface area (Å²) in [6.45, 7) is 6.18. The Kier molecular flexibility index (Phi) is 5.19. The van der Waals surface area contributed by atoms with Crippen LogP contribution in [0, 0.1) is 6.92 Å². The van der Waals surface area contributed by atoms with Crippen LogP contribution in [0.2, 0.25) is 0 Å². The molecule has 130 valence electrons. The van der Waals surface area contributed by atoms with Gasteiger partial charge in [-0.05, 0) is 51.9 Å². The molecule has 3 rings (SSSR count). The van der Waals surface area contributed by atoms with E-state index in [0.29, 0.717) is 6.67 Å². The van der Waals surface area contributed by atoms with Gasteiger partial charge in [-0.15, -0.1) is 0 Å². The number of urea groups is 1. The standard InChI is InChI=1S/C19H27N3O2/c1-15-8-10-17(11-9-15)22-16(2)18(23)21(19(22)24)14-20-12-6-4-3-5-7-13-20/h8-11,16H,3-7,12-14H2,1-2H3/t16-/m0/s1. The van der Waals surface area contributed by atoms with Gasteiger partial charge in [0.15, 0.2) is 0 Å². The normalized spacial score (nSPS) is 23.5. The lowest BCUT2D eigenvalue weighted by molar-refractivity contribution is -0.128. The fourth-order valence-electron chi connectivity index (χ4n) is 3.55. The molecule has 2 fully saturated rings. The zero-order valence-corrected chi connectivity index (χ0v) is 14.7. The van der Waals surface area contributed by atoms with E-state index >= 15 is 0 Å². The lowest BCUT2D eigenvalue weighted by Gasteiger charge is -2.28. The lowest BCUT2D eigenvalue weighted by Crippen LogP contribution is -2.43. The fourth-order valence-corrected chi connectivity index (χ4v) is 3.55. The quantitative estimate of drug-likeness (QED) is 0.799. The molecule has 0 aliphatic carbocycles. The van der Waals surface area contributed by atoms with Crippen LogP contribution in [0.1, 0.15) is 44.6 Å². The Morgan fingerprint density at radius 3 is 2.17 bits per heavy atom. The first-order valence-corrected chi connectivity index (χ1v) is 9.01. The van der Waals surface area contributed by atoms with Crippen LogP contribution in [-0.2, 0) is 4.79 Å². The van der Waals surface area contributed by atoms with Crippen LogP contribution in [0.25, 0.3) is 0 Å². The van der Waals surface area contributed by atoms with E-state index in [1.165, 1.54) is 24.2 Å². The van der Waals surface area contributed by atoms with Crippen LogP contribution in [0.3, 0.4) is 0 Å². The van der Waals surface area contributed by atoms with Crippen molar-refractivity contribution in [1.29, 1.82) is 0 Å². The number of likely N-dealkylation sites (tertiary alicyclic amines) is 1. The van der Waals surface area contributed by atoms with Crippen molar-refractivity contribution in [1.82, 2.24) is 9.80 Å². The van der Waals surface area contributed by atoms with Gasteiger partial charge in [-0.25, -0.2) is 9.69 Å². The van der Waals surface area contributed by atoms with E-state index < -0.39 is 6.04 Å². The number of hydrogen-bond donors (Lipinski definition) is 0. The number of anilines is 1. The highest BCUT2D eigenvalue weighted by Gasteiger charge is 2.43. The first-order valence-electron chi connectivity index (χ1n) is 9.01. The molecule has 0 unspecified atom stereocenters. The van der Waals surface area contributed by atoms with Gasteiger partial charge in [-0.3, -0.25) is 14.6 Å². The smallest absolute Gasteiger partial charge is 0.286 e. The number of imide groups is 1. The highest BCUT2D eigenvalue weighted by molar-refractivity contribution is 6.14. The van der Waals surface area contributed by atoms with Crippen LogP contribution in [0.5, 0.6) is 0 Å². The molecule has 0 radical (unpaired) electrons. The number of carbonyl (C=O) groups is 2. The van der Waals surface area contributed by atoms with Gasteiger partial charge in [0.2, 0.25) is 0 Å². The lowest BCUT2D eigenvalue weighted by atomic mass is 10.1. The molecule has 0 saturated carbocycles. The molecule has 0 spiro atoms. The Morgan fingerprint density at radius 1 is 0.958 bits per heavy atom. The number of benzene rings is 1. The molecule has 5 nitrogen and oxygen atoms in total. The summed E-state index contributed by atoms with van der Waals surface area (Å²) in [5.74, 6) is -0.0948. The molecule has 2 heterocycles. The molecule has 2 saturated heterocycles. The van der Waals surface area contributed by atoms with Gasteiger partial charge in [0.1, 0.15) is 6.04 Å². The molecule has 1 aromatic rings. The Hall–Kier alpha value is -1.88. The van der Waals surface area contributed by atoms with Gasteiger partial charge in [-0.2, -0.15) is 0 Å². The van der Waals surface area contributed by atoms with Crippen molar-refractivity contribution in [3.63, 3.8) is 0 Å². The summed E-state index contributed by atoms with van der Waals surface area (Å²) < 4.78 is 0. The number of carbonyl (C=O) groups excluding carboxylic acids is 2. The summed E-state index contributed by atoms with van der Waals surface area (Å²) >= 11 is 0. The minimum Gasteiger partial charge on any atom is -0.286 e. The molecule has 2 aliphatic heterocycles. The number of aryl methyl sites for hydroxylation is 1. The molecule has 3 amide bonds. The van der Waals surface area contributed by atoms with Crippen molar-refractivity contribution in [3.8, 4) is 0 Å². The highest BCUT2D eigenvalue weighted by Crippen LogP contribution is 2.26. The predicted octanol–water partition coefficient (Wildman–Crippen LogP) is 3.38. The Labute approximate surface area is 144 Å². The first-order chi connectivity index (χ1) is 11.6. The molecular weight excluding hydrogens is 302 g/mol. The second kappa shape index (κ2) is 7.34. The van der Waals surface area contributed by atoms with E-state index in [9.17, 15) is 9.59 Å². The molecule has 0 aromatic heterocycles. The Morgan fingerprint density at radius 2 is 1.54 bits per heavy atom. The average Bonchev–Trinajstić information content (AvgIpc) is 2.74. The zero-order valence-electron chi connectivity index (χ0n) is 14.7. The van der Waals surface area contributed by atoms with Crippen LogP contribution < -0.4 is 4.90 Å². The molecule has 0 N–H and O–H groups in total. The van der Waals surface area contributed by atoms with E-state index in [0.717, 1.165) is 37.2 Å². The van der Waals surface area contributed by atoms with Gasteiger partial charge in [0.05, 0.1) is 6.67 Å². The monoisotopic (exact) mass is 329 g/mol. The second-order valence-electron chi connectivity index (χ2n) is 6.96. The van der Waals surface area contributed by atoms with Gasteiger partial charge in [-0.1, -0.05) is 37.0 Å². The minimum absolute atomic E-state index is 0.0948. The molecular formula is C19H27N3O2. The van der Waals surface area contributed by atoms with Gasteiger partial charge < -0.3 is 0 Å².